The third-order valence-corrected chi connectivity index (χ3v) is 3.68. The van der Waals surface area contributed by atoms with Crippen LogP contribution < -0.4 is 11.1 Å². The van der Waals surface area contributed by atoms with Gasteiger partial charge in [-0.2, -0.15) is 0 Å². The summed E-state index contributed by atoms with van der Waals surface area (Å²) in [4.78, 5) is 0. The molecule has 2 nitrogen and oxygen atoms in total. The highest BCUT2D eigenvalue weighted by Gasteiger charge is 2.02. The van der Waals surface area contributed by atoms with Crippen molar-refractivity contribution >= 4 is 44.6 Å². The van der Waals surface area contributed by atoms with E-state index >= 15 is 0 Å². The van der Waals surface area contributed by atoms with E-state index < -0.39 is 0 Å². The fourth-order valence-corrected chi connectivity index (χ4v) is 1.98. The van der Waals surface area contributed by atoms with E-state index in [9.17, 15) is 0 Å². The molecule has 2 rings (SSSR count). The first-order valence-electron chi connectivity index (χ1n) is 5.14. The monoisotopic (exact) mass is 310 g/mol. The Hall–Kier alpha value is -1.19. The number of rotatable bonds is 2. The molecular formula is C13H12BrClN2. The van der Waals surface area contributed by atoms with Gasteiger partial charge in [0.1, 0.15) is 0 Å². The summed E-state index contributed by atoms with van der Waals surface area (Å²) in [6.45, 7) is 2.01. The zero-order valence-corrected chi connectivity index (χ0v) is 11.6. The Morgan fingerprint density at radius 2 is 1.94 bits per heavy atom. The fraction of sp³-hybridized carbons (Fsp3) is 0.0769. The van der Waals surface area contributed by atoms with Crippen molar-refractivity contribution in [1.29, 1.82) is 0 Å². The van der Waals surface area contributed by atoms with E-state index in [1.165, 1.54) is 0 Å². The maximum Gasteiger partial charge on any atom is 0.0568 e. The maximum absolute atomic E-state index is 6.04. The van der Waals surface area contributed by atoms with Gasteiger partial charge in [0.15, 0.2) is 0 Å². The number of nitrogens with two attached hydrogens (primary N) is 1. The minimum Gasteiger partial charge on any atom is -0.399 e. The predicted octanol–water partition coefficient (Wildman–Crippen LogP) is 4.74. The molecule has 0 saturated carbocycles. The van der Waals surface area contributed by atoms with Crippen molar-refractivity contribution in [3.63, 3.8) is 0 Å². The molecule has 0 atom stereocenters. The second-order valence-corrected chi connectivity index (χ2v) is 5.09. The number of benzene rings is 2. The Labute approximate surface area is 114 Å². The number of aryl methyl sites for hydroxylation is 1. The number of halogens is 2. The lowest BCUT2D eigenvalue weighted by atomic mass is 10.1. The summed E-state index contributed by atoms with van der Waals surface area (Å²) in [5.41, 5.74) is 9.55. The van der Waals surface area contributed by atoms with Gasteiger partial charge in [-0.25, -0.2) is 0 Å². The highest BCUT2D eigenvalue weighted by Crippen LogP contribution is 2.28. The largest absolute Gasteiger partial charge is 0.399 e. The van der Waals surface area contributed by atoms with Crippen molar-refractivity contribution in [1.82, 2.24) is 0 Å². The van der Waals surface area contributed by atoms with Gasteiger partial charge in [-0.05, 0) is 64.8 Å². The van der Waals surface area contributed by atoms with Crippen LogP contribution in [0.2, 0.25) is 5.02 Å². The van der Waals surface area contributed by atoms with Gasteiger partial charge >= 0.3 is 0 Å². The van der Waals surface area contributed by atoms with E-state index in [4.69, 9.17) is 17.3 Å². The summed E-state index contributed by atoms with van der Waals surface area (Å²) in [5, 5.41) is 3.99. The third-order valence-electron chi connectivity index (χ3n) is 2.45. The Balaban J connectivity index is 2.28. The molecule has 3 N–H and O–H groups in total. The van der Waals surface area contributed by atoms with E-state index in [-0.39, 0.29) is 0 Å². The summed E-state index contributed by atoms with van der Waals surface area (Å²) < 4.78 is 0.888. The van der Waals surface area contributed by atoms with Crippen LogP contribution in [0, 0.1) is 6.92 Å². The topological polar surface area (TPSA) is 38.0 Å². The Morgan fingerprint density at radius 3 is 2.59 bits per heavy atom. The molecular weight excluding hydrogens is 300 g/mol. The van der Waals surface area contributed by atoms with Gasteiger partial charge in [0.25, 0.3) is 0 Å². The molecule has 0 spiro atoms. The second-order valence-electron chi connectivity index (χ2n) is 3.83. The first kappa shape index (κ1) is 12.3. The molecule has 4 heteroatoms. The SMILES string of the molecule is Cc1cc(N)ccc1Nc1ccc(Br)c(Cl)c1. The van der Waals surface area contributed by atoms with Gasteiger partial charge in [0, 0.05) is 21.5 Å². The minimum absolute atomic E-state index is 0.683. The maximum atomic E-state index is 6.04. The number of anilines is 3. The summed E-state index contributed by atoms with van der Waals surface area (Å²) in [6.07, 6.45) is 0. The van der Waals surface area contributed by atoms with Crippen LogP contribution in [0.3, 0.4) is 0 Å². The molecule has 0 aliphatic rings. The summed E-state index contributed by atoms with van der Waals surface area (Å²) in [6, 6.07) is 11.5. The van der Waals surface area contributed by atoms with E-state index in [0.717, 1.165) is 27.1 Å². The molecule has 0 fully saturated rings. The van der Waals surface area contributed by atoms with Crippen LogP contribution in [0.15, 0.2) is 40.9 Å². The number of nitrogens with one attached hydrogen (secondary N) is 1. The summed E-state index contributed by atoms with van der Waals surface area (Å²) >= 11 is 9.40. The lowest BCUT2D eigenvalue weighted by molar-refractivity contribution is 1.43. The van der Waals surface area contributed by atoms with Crippen molar-refractivity contribution in [2.24, 2.45) is 0 Å². The van der Waals surface area contributed by atoms with Crippen molar-refractivity contribution in [2.45, 2.75) is 6.92 Å². The molecule has 0 aliphatic carbocycles. The summed E-state index contributed by atoms with van der Waals surface area (Å²) in [5.74, 6) is 0. The standard InChI is InChI=1S/C13H12BrClN2/c1-8-6-9(16)2-5-13(8)17-10-3-4-11(14)12(15)7-10/h2-7,17H,16H2,1H3. The number of hydrogen-bond acceptors (Lipinski definition) is 2. The second kappa shape index (κ2) is 4.98. The van der Waals surface area contributed by atoms with Gasteiger partial charge < -0.3 is 11.1 Å². The Kier molecular flexibility index (Phi) is 3.60. The quantitative estimate of drug-likeness (QED) is 0.786. The van der Waals surface area contributed by atoms with E-state index in [0.29, 0.717) is 5.02 Å². The van der Waals surface area contributed by atoms with E-state index in [2.05, 4.69) is 21.2 Å². The van der Waals surface area contributed by atoms with Gasteiger partial charge in [0.2, 0.25) is 0 Å². The zero-order chi connectivity index (χ0) is 12.4. The van der Waals surface area contributed by atoms with Crippen LogP contribution in [0.5, 0.6) is 0 Å². The number of nitrogen functional groups attached to an aromatic ring is 1. The molecule has 17 heavy (non-hydrogen) atoms. The van der Waals surface area contributed by atoms with Gasteiger partial charge in [-0.3, -0.25) is 0 Å². The molecule has 2 aromatic rings. The smallest absolute Gasteiger partial charge is 0.0568 e. The van der Waals surface area contributed by atoms with Crippen LogP contribution in [0.25, 0.3) is 0 Å². The molecule has 0 saturated heterocycles. The number of hydrogen-bond donors (Lipinski definition) is 2. The van der Waals surface area contributed by atoms with Crippen molar-refractivity contribution < 1.29 is 0 Å². The Bertz CT molecular complexity index is 555. The average molecular weight is 312 g/mol. The molecule has 0 heterocycles. The van der Waals surface area contributed by atoms with Crippen LogP contribution in [0.1, 0.15) is 5.56 Å². The van der Waals surface area contributed by atoms with Gasteiger partial charge in [-0.1, -0.05) is 11.6 Å². The van der Waals surface area contributed by atoms with Crippen LogP contribution in [0.4, 0.5) is 17.1 Å². The van der Waals surface area contributed by atoms with Crippen molar-refractivity contribution in [2.75, 3.05) is 11.1 Å². The lowest BCUT2D eigenvalue weighted by Crippen LogP contribution is -1.94. The van der Waals surface area contributed by atoms with Crippen LogP contribution >= 0.6 is 27.5 Å². The van der Waals surface area contributed by atoms with Gasteiger partial charge in [0.05, 0.1) is 5.02 Å². The first-order chi connectivity index (χ1) is 8.06. The zero-order valence-electron chi connectivity index (χ0n) is 9.30. The average Bonchev–Trinajstić information content (AvgIpc) is 2.27. The highest BCUT2D eigenvalue weighted by atomic mass is 79.9. The first-order valence-corrected chi connectivity index (χ1v) is 6.31. The molecule has 88 valence electrons. The van der Waals surface area contributed by atoms with Crippen molar-refractivity contribution in [3.8, 4) is 0 Å². The molecule has 0 unspecified atom stereocenters. The van der Waals surface area contributed by atoms with Crippen LogP contribution in [-0.4, -0.2) is 0 Å². The van der Waals surface area contributed by atoms with E-state index in [1.807, 2.05) is 43.3 Å². The normalized spacial score (nSPS) is 10.3. The molecule has 2 aromatic carbocycles. The lowest BCUT2D eigenvalue weighted by Gasteiger charge is -2.10. The fourth-order valence-electron chi connectivity index (χ4n) is 1.56. The van der Waals surface area contributed by atoms with E-state index in [1.54, 1.807) is 0 Å². The summed E-state index contributed by atoms with van der Waals surface area (Å²) in [7, 11) is 0. The van der Waals surface area contributed by atoms with Gasteiger partial charge in [-0.15, -0.1) is 0 Å². The molecule has 0 amide bonds. The van der Waals surface area contributed by atoms with Crippen molar-refractivity contribution in [3.05, 3.63) is 51.5 Å². The third kappa shape index (κ3) is 2.93. The predicted molar refractivity (Wildman–Crippen MR) is 78.0 cm³/mol. The minimum atomic E-state index is 0.683. The molecule has 0 radical (unpaired) electrons. The van der Waals surface area contributed by atoms with Crippen LogP contribution in [-0.2, 0) is 0 Å². The molecule has 0 aliphatic heterocycles. The molecule has 0 aromatic heterocycles. The highest BCUT2D eigenvalue weighted by molar-refractivity contribution is 9.10. The molecule has 0 bridgehead atoms. The Morgan fingerprint density at radius 1 is 1.18 bits per heavy atom.